The molecule has 2 saturated heterocycles. The van der Waals surface area contributed by atoms with Crippen LogP contribution in [-0.4, -0.2) is 60.6 Å². The van der Waals surface area contributed by atoms with Gasteiger partial charge in [-0.25, -0.2) is 4.99 Å². The SMILES string of the molecule is CCNC(=NCc1ccc(CN2CCCC2)cc1)NC1CCN(C2CCCC2)C1.I. The minimum absolute atomic E-state index is 0. The van der Waals surface area contributed by atoms with Gasteiger partial charge in [-0.2, -0.15) is 0 Å². The van der Waals surface area contributed by atoms with Crippen LogP contribution < -0.4 is 10.6 Å². The average molecular weight is 526 g/mol. The lowest BCUT2D eigenvalue weighted by molar-refractivity contribution is 0.242. The number of nitrogens with one attached hydrogen (secondary N) is 2. The van der Waals surface area contributed by atoms with Gasteiger partial charge in [-0.15, -0.1) is 24.0 Å². The summed E-state index contributed by atoms with van der Waals surface area (Å²) >= 11 is 0. The van der Waals surface area contributed by atoms with Gasteiger partial charge in [0.15, 0.2) is 5.96 Å². The summed E-state index contributed by atoms with van der Waals surface area (Å²) in [6.07, 6.45) is 9.56. The van der Waals surface area contributed by atoms with Crippen LogP contribution in [0.4, 0.5) is 0 Å². The molecule has 2 heterocycles. The Balaban J connectivity index is 0.00000256. The smallest absolute Gasteiger partial charge is 0.191 e. The second-order valence-corrected chi connectivity index (χ2v) is 9.06. The Morgan fingerprint density at radius 1 is 0.967 bits per heavy atom. The summed E-state index contributed by atoms with van der Waals surface area (Å²) < 4.78 is 0. The van der Waals surface area contributed by atoms with Crippen molar-refractivity contribution in [2.75, 3.05) is 32.7 Å². The second kappa shape index (κ2) is 12.2. The minimum Gasteiger partial charge on any atom is -0.357 e. The fourth-order valence-corrected chi connectivity index (χ4v) is 5.14. The molecule has 1 unspecified atom stereocenters. The van der Waals surface area contributed by atoms with E-state index in [-0.39, 0.29) is 24.0 Å². The quantitative estimate of drug-likeness (QED) is 0.321. The number of aliphatic imine (C=N–C) groups is 1. The van der Waals surface area contributed by atoms with Gasteiger partial charge in [-0.05, 0) is 63.2 Å². The van der Waals surface area contributed by atoms with Crippen LogP contribution in [0.25, 0.3) is 0 Å². The molecule has 5 nitrogen and oxygen atoms in total. The number of guanidine groups is 1. The zero-order chi connectivity index (χ0) is 19.9. The van der Waals surface area contributed by atoms with Crippen LogP contribution >= 0.6 is 24.0 Å². The van der Waals surface area contributed by atoms with Gasteiger partial charge in [0.1, 0.15) is 0 Å². The van der Waals surface area contributed by atoms with Gasteiger partial charge in [0.2, 0.25) is 0 Å². The van der Waals surface area contributed by atoms with Crippen LogP contribution in [0, 0.1) is 0 Å². The van der Waals surface area contributed by atoms with Gasteiger partial charge >= 0.3 is 0 Å². The van der Waals surface area contributed by atoms with E-state index in [1.54, 1.807) is 0 Å². The van der Waals surface area contributed by atoms with E-state index in [0.29, 0.717) is 6.04 Å². The van der Waals surface area contributed by atoms with E-state index in [2.05, 4.69) is 51.6 Å². The molecule has 30 heavy (non-hydrogen) atoms. The summed E-state index contributed by atoms with van der Waals surface area (Å²) in [7, 11) is 0. The number of likely N-dealkylation sites (tertiary alicyclic amines) is 2. The molecule has 4 rings (SSSR count). The van der Waals surface area contributed by atoms with Crippen LogP contribution in [0.1, 0.15) is 63.0 Å². The monoisotopic (exact) mass is 525 g/mol. The zero-order valence-corrected chi connectivity index (χ0v) is 20.9. The Morgan fingerprint density at radius 3 is 2.37 bits per heavy atom. The molecule has 1 saturated carbocycles. The van der Waals surface area contributed by atoms with Crippen molar-refractivity contribution in [1.29, 1.82) is 0 Å². The lowest BCUT2D eigenvalue weighted by Crippen LogP contribution is -2.45. The summed E-state index contributed by atoms with van der Waals surface area (Å²) in [6, 6.07) is 10.4. The summed E-state index contributed by atoms with van der Waals surface area (Å²) in [6.45, 7) is 9.78. The molecule has 1 aliphatic carbocycles. The van der Waals surface area contributed by atoms with E-state index in [1.807, 2.05) is 0 Å². The molecule has 1 aromatic carbocycles. The first kappa shape index (κ1) is 23.8. The van der Waals surface area contributed by atoms with E-state index < -0.39 is 0 Å². The Hall–Kier alpha value is -0.860. The van der Waals surface area contributed by atoms with Crippen LogP contribution in [-0.2, 0) is 13.1 Å². The van der Waals surface area contributed by atoms with Crippen molar-refractivity contribution < 1.29 is 0 Å². The number of benzene rings is 1. The topological polar surface area (TPSA) is 42.9 Å². The third-order valence-electron chi connectivity index (χ3n) is 6.79. The highest BCUT2D eigenvalue weighted by Gasteiger charge is 2.30. The molecule has 1 atom stereocenters. The van der Waals surface area contributed by atoms with E-state index in [0.717, 1.165) is 31.6 Å². The molecule has 3 aliphatic rings. The lowest BCUT2D eigenvalue weighted by Gasteiger charge is -2.24. The number of rotatable bonds is 7. The van der Waals surface area contributed by atoms with E-state index in [4.69, 9.17) is 4.99 Å². The molecule has 168 valence electrons. The van der Waals surface area contributed by atoms with E-state index in [9.17, 15) is 0 Å². The maximum Gasteiger partial charge on any atom is 0.191 e. The molecule has 2 N–H and O–H groups in total. The third kappa shape index (κ3) is 6.82. The largest absolute Gasteiger partial charge is 0.357 e. The molecule has 6 heteroatoms. The second-order valence-electron chi connectivity index (χ2n) is 9.06. The molecule has 0 bridgehead atoms. The highest BCUT2D eigenvalue weighted by Crippen LogP contribution is 2.26. The average Bonchev–Trinajstić information content (AvgIpc) is 3.50. The molecule has 0 amide bonds. The summed E-state index contributed by atoms with van der Waals surface area (Å²) in [5.74, 6) is 0.965. The van der Waals surface area contributed by atoms with Gasteiger partial charge in [0.05, 0.1) is 6.54 Å². The van der Waals surface area contributed by atoms with Gasteiger partial charge in [0, 0.05) is 38.3 Å². The Morgan fingerprint density at radius 2 is 1.67 bits per heavy atom. The first-order valence-electron chi connectivity index (χ1n) is 11.9. The Bertz CT molecular complexity index is 650. The number of hydrogen-bond donors (Lipinski definition) is 2. The van der Waals surface area contributed by atoms with Crippen molar-refractivity contribution >= 4 is 29.9 Å². The molecule has 0 aromatic heterocycles. The minimum atomic E-state index is 0. The van der Waals surface area contributed by atoms with Crippen LogP contribution in [0.2, 0.25) is 0 Å². The van der Waals surface area contributed by atoms with Gasteiger partial charge in [0.25, 0.3) is 0 Å². The summed E-state index contributed by atoms with van der Waals surface area (Å²) in [5, 5.41) is 7.13. The molecular formula is C24H40IN5. The highest BCUT2D eigenvalue weighted by molar-refractivity contribution is 14.0. The maximum absolute atomic E-state index is 4.87. The van der Waals surface area contributed by atoms with Crippen molar-refractivity contribution in [1.82, 2.24) is 20.4 Å². The molecule has 2 aliphatic heterocycles. The maximum atomic E-state index is 4.87. The Labute approximate surface area is 200 Å². The first-order valence-corrected chi connectivity index (χ1v) is 11.9. The summed E-state index contributed by atoms with van der Waals surface area (Å²) in [4.78, 5) is 10.1. The van der Waals surface area contributed by atoms with Gasteiger partial charge < -0.3 is 10.6 Å². The van der Waals surface area contributed by atoms with Crippen molar-refractivity contribution in [3.63, 3.8) is 0 Å². The highest BCUT2D eigenvalue weighted by atomic mass is 127. The number of nitrogens with zero attached hydrogens (tertiary/aromatic N) is 3. The summed E-state index contributed by atoms with van der Waals surface area (Å²) in [5.41, 5.74) is 2.70. The van der Waals surface area contributed by atoms with Crippen molar-refractivity contribution in [2.24, 2.45) is 4.99 Å². The fourth-order valence-electron chi connectivity index (χ4n) is 5.14. The van der Waals surface area contributed by atoms with Crippen LogP contribution in [0.15, 0.2) is 29.3 Å². The van der Waals surface area contributed by atoms with Crippen LogP contribution in [0.3, 0.4) is 0 Å². The molecule has 1 aromatic rings. The van der Waals surface area contributed by atoms with Crippen molar-refractivity contribution in [3.8, 4) is 0 Å². The van der Waals surface area contributed by atoms with E-state index >= 15 is 0 Å². The zero-order valence-electron chi connectivity index (χ0n) is 18.6. The normalized spacial score (nSPS) is 23.6. The molecular weight excluding hydrogens is 485 g/mol. The Kier molecular flexibility index (Phi) is 9.71. The first-order chi connectivity index (χ1) is 14.3. The third-order valence-corrected chi connectivity index (χ3v) is 6.79. The van der Waals surface area contributed by atoms with Crippen molar-refractivity contribution in [3.05, 3.63) is 35.4 Å². The number of halogens is 1. The molecule has 3 fully saturated rings. The van der Waals surface area contributed by atoms with Crippen molar-refractivity contribution in [2.45, 2.75) is 77.0 Å². The fraction of sp³-hybridized carbons (Fsp3) is 0.708. The molecule has 0 spiro atoms. The molecule has 0 radical (unpaired) electrons. The lowest BCUT2D eigenvalue weighted by atomic mass is 10.1. The number of hydrogen-bond acceptors (Lipinski definition) is 3. The predicted octanol–water partition coefficient (Wildman–Crippen LogP) is 3.97. The standard InChI is InChI=1S/C24H39N5.HI/c1-2-25-24(27-22-13-16-29(19-22)23-7-3-4-8-23)26-17-20-9-11-21(12-10-20)18-28-14-5-6-15-28;/h9-12,22-23H,2-8,13-19H2,1H3,(H2,25,26,27);1H. The van der Waals surface area contributed by atoms with Crippen LogP contribution in [0.5, 0.6) is 0 Å². The van der Waals surface area contributed by atoms with Gasteiger partial charge in [-0.1, -0.05) is 37.1 Å². The predicted molar refractivity (Wildman–Crippen MR) is 137 cm³/mol. The van der Waals surface area contributed by atoms with Gasteiger partial charge in [-0.3, -0.25) is 9.80 Å². The van der Waals surface area contributed by atoms with E-state index in [1.165, 1.54) is 82.3 Å².